The Kier molecular flexibility index (Phi) is 7.39. The van der Waals surface area contributed by atoms with Gasteiger partial charge in [0.25, 0.3) is 0 Å². The third-order valence-electron chi connectivity index (χ3n) is 5.46. The molecule has 0 saturated carbocycles. The fraction of sp³-hybridized carbons (Fsp3) is 0.250. The van der Waals surface area contributed by atoms with Gasteiger partial charge in [0.2, 0.25) is 0 Å². The van der Waals surface area contributed by atoms with Crippen LogP contribution in [0.25, 0.3) is 0 Å². The summed E-state index contributed by atoms with van der Waals surface area (Å²) in [7, 11) is 0. The van der Waals surface area contributed by atoms with Gasteiger partial charge in [-0.2, -0.15) is 4.98 Å². The number of nitrogen functional groups attached to an aromatic ring is 1. The van der Waals surface area contributed by atoms with E-state index in [1.54, 1.807) is 31.2 Å². The lowest BCUT2D eigenvalue weighted by Gasteiger charge is -2.19. The summed E-state index contributed by atoms with van der Waals surface area (Å²) < 4.78 is 18.3. The molecule has 0 radical (unpaired) electrons. The van der Waals surface area contributed by atoms with Crippen LogP contribution in [0.15, 0.2) is 59.5 Å². The number of anilines is 1. The Labute approximate surface area is 210 Å². The maximum absolute atomic E-state index is 12.7. The van der Waals surface area contributed by atoms with E-state index in [1.165, 1.54) is 35.0 Å². The third kappa shape index (κ3) is 5.82. The Bertz CT molecular complexity index is 1290. The van der Waals surface area contributed by atoms with Crippen molar-refractivity contribution in [3.8, 4) is 0 Å². The number of carbonyl (C=O) groups is 2. The molecule has 9 nitrogen and oxygen atoms in total. The summed E-state index contributed by atoms with van der Waals surface area (Å²) in [5, 5.41) is 0.957. The third-order valence-corrected chi connectivity index (χ3v) is 5.97. The van der Waals surface area contributed by atoms with Gasteiger partial charge in [0, 0.05) is 28.2 Å². The predicted molar refractivity (Wildman–Crippen MR) is 129 cm³/mol. The largest absolute Gasteiger partial charge is 0.459 e. The molecule has 2 N–H and O–H groups in total. The molecule has 35 heavy (non-hydrogen) atoms. The number of aryl methyl sites for hydroxylation is 1. The molecule has 1 aliphatic rings. The molecule has 1 aromatic heterocycles. The number of hydrogen-bond donors (Lipinski definition) is 1. The molecule has 0 spiro atoms. The van der Waals surface area contributed by atoms with Gasteiger partial charge in [-0.3, -0.25) is 4.57 Å². The molecule has 182 valence electrons. The van der Waals surface area contributed by atoms with Gasteiger partial charge in [-0.05, 0) is 55.5 Å². The van der Waals surface area contributed by atoms with E-state index in [4.69, 9.17) is 43.1 Å². The summed E-state index contributed by atoms with van der Waals surface area (Å²) in [5.74, 6) is -1.09. The smallest absolute Gasteiger partial charge is 0.351 e. The molecule has 0 unspecified atom stereocenters. The van der Waals surface area contributed by atoms with Gasteiger partial charge in [0.1, 0.15) is 30.9 Å². The number of halogens is 2. The van der Waals surface area contributed by atoms with E-state index in [2.05, 4.69) is 4.98 Å². The number of benzene rings is 2. The van der Waals surface area contributed by atoms with E-state index < -0.39 is 36.1 Å². The minimum absolute atomic E-state index is 0.114. The van der Waals surface area contributed by atoms with Gasteiger partial charge in [0.15, 0.2) is 0 Å². The van der Waals surface area contributed by atoms with Crippen molar-refractivity contribution in [2.24, 2.45) is 0 Å². The molecule has 2 heterocycles. The fourth-order valence-corrected chi connectivity index (χ4v) is 3.80. The standard InChI is InChI=1S/C24H21Cl2N3O6/c1-13-11-29(24(32)28-21(13)27)20-10-18(35-23(31)15-4-8-17(26)9-5-15)19(34-20)12-33-22(30)14-2-6-16(25)7-3-14/h2-9,11,18-20H,10,12H2,1H3,(H2,27,28,32)/t18-,19+,20+/m0/s1. The van der Waals surface area contributed by atoms with Crippen molar-refractivity contribution in [2.45, 2.75) is 31.8 Å². The number of hydrogen-bond acceptors (Lipinski definition) is 8. The summed E-state index contributed by atoms with van der Waals surface area (Å²) in [6.07, 6.45) is -0.803. The van der Waals surface area contributed by atoms with Gasteiger partial charge in [0.05, 0.1) is 11.1 Å². The van der Waals surface area contributed by atoms with Gasteiger partial charge in [-0.25, -0.2) is 14.4 Å². The van der Waals surface area contributed by atoms with Crippen LogP contribution >= 0.6 is 23.2 Å². The van der Waals surface area contributed by atoms with Crippen LogP contribution in [0.2, 0.25) is 10.0 Å². The summed E-state index contributed by atoms with van der Waals surface area (Å²) >= 11 is 11.8. The second-order valence-electron chi connectivity index (χ2n) is 7.92. The van der Waals surface area contributed by atoms with E-state index >= 15 is 0 Å². The second-order valence-corrected chi connectivity index (χ2v) is 8.79. The SMILES string of the molecule is Cc1cn([C@H]2C[C@H](OC(=O)c3ccc(Cl)cc3)[C@@H](COC(=O)c3ccc(Cl)cc3)O2)c(=O)nc1N. The Hall–Kier alpha value is -3.40. The molecular weight excluding hydrogens is 497 g/mol. The van der Waals surface area contributed by atoms with Crippen molar-refractivity contribution < 1.29 is 23.8 Å². The van der Waals surface area contributed by atoms with Crippen LogP contribution in [-0.2, 0) is 14.2 Å². The van der Waals surface area contributed by atoms with E-state index in [1.807, 2.05) is 0 Å². The van der Waals surface area contributed by atoms with Crippen LogP contribution in [0.3, 0.4) is 0 Å². The first-order valence-electron chi connectivity index (χ1n) is 10.6. The number of esters is 2. The summed E-state index contributed by atoms with van der Waals surface area (Å²) in [4.78, 5) is 41.4. The monoisotopic (exact) mass is 517 g/mol. The molecule has 0 aliphatic carbocycles. The summed E-state index contributed by atoms with van der Waals surface area (Å²) in [6.45, 7) is 1.49. The van der Waals surface area contributed by atoms with Crippen molar-refractivity contribution in [1.29, 1.82) is 0 Å². The first kappa shape index (κ1) is 24.7. The van der Waals surface area contributed by atoms with E-state index in [0.717, 1.165) is 0 Å². The van der Waals surface area contributed by atoms with Gasteiger partial charge >= 0.3 is 17.6 Å². The lowest BCUT2D eigenvalue weighted by molar-refractivity contribution is -0.0582. The van der Waals surface area contributed by atoms with Crippen LogP contribution in [0.1, 0.15) is 38.9 Å². The van der Waals surface area contributed by atoms with Crippen molar-refractivity contribution in [1.82, 2.24) is 9.55 Å². The van der Waals surface area contributed by atoms with Crippen molar-refractivity contribution in [3.05, 3.63) is 91.9 Å². The number of carbonyl (C=O) groups excluding carboxylic acids is 2. The zero-order chi connectivity index (χ0) is 25.1. The Balaban J connectivity index is 1.53. The summed E-state index contributed by atoms with van der Waals surface area (Å²) in [6, 6.07) is 12.4. The maximum atomic E-state index is 12.7. The number of nitrogens with two attached hydrogens (primary N) is 1. The fourth-order valence-electron chi connectivity index (χ4n) is 3.55. The van der Waals surface area contributed by atoms with E-state index in [0.29, 0.717) is 21.2 Å². The quantitative estimate of drug-likeness (QED) is 0.489. The molecule has 1 fully saturated rings. The van der Waals surface area contributed by atoms with Crippen molar-refractivity contribution in [2.75, 3.05) is 12.3 Å². The Morgan fingerprint density at radius 2 is 1.63 bits per heavy atom. The van der Waals surface area contributed by atoms with Crippen LogP contribution in [0.5, 0.6) is 0 Å². The molecule has 11 heteroatoms. The molecule has 3 aromatic rings. The van der Waals surface area contributed by atoms with E-state index in [9.17, 15) is 14.4 Å². The highest BCUT2D eigenvalue weighted by Crippen LogP contribution is 2.31. The Morgan fingerprint density at radius 3 is 2.23 bits per heavy atom. The van der Waals surface area contributed by atoms with Crippen LogP contribution in [0, 0.1) is 6.92 Å². The normalized spacial score (nSPS) is 19.3. The molecule has 0 amide bonds. The highest BCUT2D eigenvalue weighted by atomic mass is 35.5. The molecule has 0 bridgehead atoms. The number of rotatable bonds is 6. The predicted octanol–water partition coefficient (Wildman–Crippen LogP) is 3.81. The number of ether oxygens (including phenoxy) is 3. The van der Waals surface area contributed by atoms with Crippen LogP contribution in [-0.4, -0.2) is 40.3 Å². The molecule has 4 rings (SSSR count). The average Bonchev–Trinajstić information content (AvgIpc) is 3.22. The summed E-state index contributed by atoms with van der Waals surface area (Å²) in [5.41, 5.74) is 6.28. The van der Waals surface area contributed by atoms with Crippen molar-refractivity contribution in [3.63, 3.8) is 0 Å². The highest BCUT2D eigenvalue weighted by molar-refractivity contribution is 6.31. The number of nitrogens with zero attached hydrogens (tertiary/aromatic N) is 2. The first-order valence-corrected chi connectivity index (χ1v) is 11.4. The molecular formula is C24H21Cl2N3O6. The minimum Gasteiger partial charge on any atom is -0.459 e. The topological polar surface area (TPSA) is 123 Å². The first-order chi connectivity index (χ1) is 16.7. The van der Waals surface area contributed by atoms with Crippen LogP contribution < -0.4 is 11.4 Å². The number of aromatic nitrogens is 2. The average molecular weight is 518 g/mol. The van der Waals surface area contributed by atoms with Gasteiger partial charge in [-0.15, -0.1) is 0 Å². The zero-order valence-electron chi connectivity index (χ0n) is 18.5. The van der Waals surface area contributed by atoms with E-state index in [-0.39, 0.29) is 24.4 Å². The lowest BCUT2D eigenvalue weighted by Crippen LogP contribution is -2.32. The lowest BCUT2D eigenvalue weighted by atomic mass is 10.1. The van der Waals surface area contributed by atoms with Crippen molar-refractivity contribution >= 4 is 41.0 Å². The molecule has 1 saturated heterocycles. The van der Waals surface area contributed by atoms with Crippen LogP contribution in [0.4, 0.5) is 5.82 Å². The Morgan fingerprint density at radius 1 is 1.06 bits per heavy atom. The zero-order valence-corrected chi connectivity index (χ0v) is 20.0. The minimum atomic E-state index is -0.836. The van der Waals surface area contributed by atoms with Gasteiger partial charge < -0.3 is 19.9 Å². The maximum Gasteiger partial charge on any atom is 0.351 e. The molecule has 3 atom stereocenters. The highest BCUT2D eigenvalue weighted by Gasteiger charge is 2.40. The molecule has 2 aromatic carbocycles. The second kappa shape index (κ2) is 10.5. The van der Waals surface area contributed by atoms with Gasteiger partial charge in [-0.1, -0.05) is 23.2 Å². The molecule has 1 aliphatic heterocycles.